The molecule has 0 amide bonds. The SMILES string of the molecule is CC[C@H]1C[C@H](C(CO)C2[C@@H](O)C[C@H]3C4=CC[C@H]5C[C@@H](O[C@@H]6O[C@H](CO)[C@@H](O)[C@H](O)[C@H]6O[C@@H]6O[C@H](CO)[C@@H](O)[C@H](O)[C@H]6O)CC[C@]5(C)C4CC[C@]23C)O[C@]1(C)CO[C@@H]1O[C@H](CO)[C@@H](O)[C@H](O)[C@H]1O[C@@H]1O[C@H](CO)[C@@H](O)[C@H](O)[C@H]1O. The lowest BCUT2D eigenvalue weighted by molar-refractivity contribution is -0.373. The van der Waals surface area contributed by atoms with Crippen LogP contribution in [0.1, 0.15) is 85.5 Å². The lowest BCUT2D eigenvalue weighted by Gasteiger charge is -2.58. The van der Waals surface area contributed by atoms with Crippen molar-refractivity contribution >= 4 is 0 Å². The van der Waals surface area contributed by atoms with Gasteiger partial charge in [0.05, 0.1) is 56.9 Å². The van der Waals surface area contributed by atoms with Gasteiger partial charge >= 0.3 is 0 Å². The van der Waals surface area contributed by atoms with Gasteiger partial charge in [-0.05, 0) is 98.7 Å². The Bertz CT molecular complexity index is 2010. The first-order valence-corrected chi connectivity index (χ1v) is 28.1. The Morgan fingerprint density at radius 3 is 1.58 bits per heavy atom. The molecule has 5 aliphatic heterocycles. The van der Waals surface area contributed by atoms with Crippen molar-refractivity contribution in [1.29, 1.82) is 0 Å². The van der Waals surface area contributed by atoms with Gasteiger partial charge in [-0.2, -0.15) is 0 Å². The molecule has 3 unspecified atom stereocenters. The summed E-state index contributed by atoms with van der Waals surface area (Å²) in [5.74, 6) is -0.617. The third-order valence-corrected chi connectivity index (χ3v) is 20.4. The minimum Gasteiger partial charge on any atom is -0.396 e. The predicted molar refractivity (Wildman–Crippen MR) is 262 cm³/mol. The molecule has 0 spiro atoms. The van der Waals surface area contributed by atoms with Crippen molar-refractivity contribution in [1.82, 2.24) is 0 Å². The number of hydrogen-bond acceptors (Lipinski definition) is 25. The molecule has 0 aromatic rings. The van der Waals surface area contributed by atoms with Gasteiger partial charge in [0, 0.05) is 12.5 Å². The summed E-state index contributed by atoms with van der Waals surface area (Å²) >= 11 is 0. The van der Waals surface area contributed by atoms with Crippen LogP contribution in [0.15, 0.2) is 11.6 Å². The van der Waals surface area contributed by atoms with E-state index in [4.69, 9.17) is 42.6 Å². The molecule has 4 aliphatic carbocycles. The Labute approximate surface area is 453 Å². The standard InChI is InChI=1S/C53H88O25/c1-5-21-13-29(78-53(21,4)20-70-49-45(41(66)37(62)32(18-57)74-49)76-47-43(68)39(64)35(60)30(16-55)72-47)25(15-54)34-28(59)14-27-24-7-6-22-12-23(8-10-51(22,2)26(24)9-11-52(27,34)3)71-50-46(42(67)38(63)33(19-58)75-50)77-48-44(69)40(65)36(61)31(17-56)73-48/h7,21-23,25-50,54-69H,5-6,8-20H2,1-4H3/t21-,22-,23-,25?,26?,27-,28-,29+,30+,31+,32+,33+,34?,35+,36+,37+,38+,39-,40-,41-,42-,43+,44+,45+,46+,47-,48-,49+,50+,51-,52-,53+/m0/s1. The average molecular weight is 1130 g/mol. The second-order valence-corrected chi connectivity index (χ2v) is 24.6. The van der Waals surface area contributed by atoms with E-state index in [2.05, 4.69) is 19.9 Å². The molecule has 32 atom stereocenters. The molecular formula is C53H88O25. The van der Waals surface area contributed by atoms with Crippen LogP contribution >= 0.6 is 0 Å². The van der Waals surface area contributed by atoms with Crippen molar-refractivity contribution in [2.45, 2.75) is 232 Å². The van der Waals surface area contributed by atoms with E-state index in [0.717, 1.165) is 19.3 Å². The summed E-state index contributed by atoms with van der Waals surface area (Å²) in [6.45, 7) is 5.18. The molecule has 9 aliphatic rings. The molecule has 0 bridgehead atoms. The molecule has 8 fully saturated rings. The first-order chi connectivity index (χ1) is 37.0. The fourth-order valence-electron chi connectivity index (χ4n) is 15.7. The van der Waals surface area contributed by atoms with Crippen molar-refractivity contribution in [3.63, 3.8) is 0 Å². The minimum atomic E-state index is -1.84. The highest BCUT2D eigenvalue weighted by Crippen LogP contribution is 2.67. The second-order valence-electron chi connectivity index (χ2n) is 24.6. The quantitative estimate of drug-likeness (QED) is 0.0609. The number of aliphatic hydroxyl groups is 16. The zero-order valence-electron chi connectivity index (χ0n) is 44.8. The monoisotopic (exact) mass is 1120 g/mol. The third-order valence-electron chi connectivity index (χ3n) is 20.4. The van der Waals surface area contributed by atoms with E-state index < -0.39 is 184 Å². The van der Waals surface area contributed by atoms with Crippen LogP contribution < -0.4 is 0 Å². The van der Waals surface area contributed by atoms with Crippen LogP contribution in [0.2, 0.25) is 0 Å². The molecule has 0 aromatic carbocycles. The summed E-state index contributed by atoms with van der Waals surface area (Å²) in [6, 6.07) is 0. The maximum Gasteiger partial charge on any atom is 0.187 e. The number of rotatable bonds is 17. The Kier molecular flexibility index (Phi) is 19.2. The number of fused-ring (bicyclic) bond motifs is 5. The van der Waals surface area contributed by atoms with E-state index in [0.29, 0.717) is 38.5 Å². The maximum absolute atomic E-state index is 12.2. The van der Waals surface area contributed by atoms with Crippen LogP contribution in [-0.4, -0.2) is 268 Å². The Morgan fingerprint density at radius 1 is 0.551 bits per heavy atom. The molecule has 0 radical (unpaired) electrons. The van der Waals surface area contributed by atoms with Crippen LogP contribution in [0.4, 0.5) is 0 Å². The van der Waals surface area contributed by atoms with Crippen molar-refractivity contribution in [3.8, 4) is 0 Å². The van der Waals surface area contributed by atoms with Gasteiger partial charge in [0.1, 0.15) is 97.7 Å². The van der Waals surface area contributed by atoms with Gasteiger partial charge < -0.3 is 124 Å². The summed E-state index contributed by atoms with van der Waals surface area (Å²) in [4.78, 5) is 0. The first kappa shape index (κ1) is 61.3. The van der Waals surface area contributed by atoms with Crippen molar-refractivity contribution in [2.24, 2.45) is 46.3 Å². The zero-order chi connectivity index (χ0) is 56.5. The van der Waals surface area contributed by atoms with E-state index in [1.807, 2.05) is 13.8 Å². The van der Waals surface area contributed by atoms with Gasteiger partial charge in [-0.3, -0.25) is 0 Å². The van der Waals surface area contributed by atoms with E-state index in [9.17, 15) is 81.7 Å². The van der Waals surface area contributed by atoms with Crippen molar-refractivity contribution in [3.05, 3.63) is 11.6 Å². The predicted octanol–water partition coefficient (Wildman–Crippen LogP) is -4.63. The van der Waals surface area contributed by atoms with Gasteiger partial charge in [0.25, 0.3) is 0 Å². The van der Waals surface area contributed by atoms with Gasteiger partial charge in [0.15, 0.2) is 25.2 Å². The third kappa shape index (κ3) is 10.9. The number of allylic oxidation sites excluding steroid dienone is 2. The number of hydrogen-bond donors (Lipinski definition) is 16. The normalized spacial score (nSPS) is 54.0. The van der Waals surface area contributed by atoms with Gasteiger partial charge in [-0.25, -0.2) is 0 Å². The molecule has 5 saturated heterocycles. The lowest BCUT2D eigenvalue weighted by atomic mass is 9.47. The Morgan fingerprint density at radius 2 is 1.05 bits per heavy atom. The molecule has 0 aromatic heterocycles. The first-order valence-electron chi connectivity index (χ1n) is 28.1. The minimum absolute atomic E-state index is 0.0137. The highest BCUT2D eigenvalue weighted by Gasteiger charge is 2.64. The summed E-state index contributed by atoms with van der Waals surface area (Å²) in [7, 11) is 0. The fourth-order valence-corrected chi connectivity index (χ4v) is 15.7. The molecule has 25 heteroatoms. The van der Waals surface area contributed by atoms with E-state index in [1.165, 1.54) is 5.57 Å². The van der Waals surface area contributed by atoms with Crippen LogP contribution in [0, 0.1) is 46.3 Å². The highest BCUT2D eigenvalue weighted by molar-refractivity contribution is 5.29. The topological polar surface area (TPSA) is 407 Å². The van der Waals surface area contributed by atoms with Crippen molar-refractivity contribution < 1.29 is 124 Å². The molecule has 78 heavy (non-hydrogen) atoms. The van der Waals surface area contributed by atoms with E-state index in [-0.39, 0.29) is 48.2 Å². The summed E-state index contributed by atoms with van der Waals surface area (Å²) in [5.41, 5.74) is -0.291. The van der Waals surface area contributed by atoms with Crippen LogP contribution in [0.25, 0.3) is 0 Å². The fraction of sp³-hybridized carbons (Fsp3) is 0.962. The van der Waals surface area contributed by atoms with Gasteiger partial charge in [0.2, 0.25) is 0 Å². The lowest BCUT2D eigenvalue weighted by Crippen LogP contribution is -2.65. The summed E-state index contributed by atoms with van der Waals surface area (Å²) in [6.07, 6.45) is -25.2. The zero-order valence-corrected chi connectivity index (χ0v) is 44.8. The summed E-state index contributed by atoms with van der Waals surface area (Å²) < 4.78 is 54.6. The van der Waals surface area contributed by atoms with Crippen LogP contribution in [0.5, 0.6) is 0 Å². The number of ether oxygens (including phenoxy) is 9. The molecule has 3 saturated carbocycles. The smallest absolute Gasteiger partial charge is 0.187 e. The van der Waals surface area contributed by atoms with E-state index in [1.54, 1.807) is 0 Å². The number of aliphatic hydroxyl groups excluding tert-OH is 16. The van der Waals surface area contributed by atoms with E-state index >= 15 is 0 Å². The van der Waals surface area contributed by atoms with Gasteiger partial charge in [-0.15, -0.1) is 0 Å². The van der Waals surface area contributed by atoms with Crippen molar-refractivity contribution in [2.75, 3.05) is 39.6 Å². The highest BCUT2D eigenvalue weighted by atomic mass is 16.8. The van der Waals surface area contributed by atoms with Crippen LogP contribution in [0.3, 0.4) is 0 Å². The molecule has 5 heterocycles. The molecular weight excluding hydrogens is 1040 g/mol. The molecule has 16 N–H and O–H groups in total. The molecule has 450 valence electrons. The summed E-state index contributed by atoms with van der Waals surface area (Å²) in [5, 5.41) is 170. The second kappa shape index (κ2) is 24.4. The van der Waals surface area contributed by atoms with Crippen LogP contribution in [-0.2, 0) is 42.6 Å². The largest absolute Gasteiger partial charge is 0.396 e. The average Bonchev–Trinajstić information content (AvgIpc) is 4.09. The Balaban J connectivity index is 0.868. The maximum atomic E-state index is 12.2. The Hall–Kier alpha value is -1.26. The molecule has 9 rings (SSSR count). The van der Waals surface area contributed by atoms with Gasteiger partial charge in [-0.1, -0.05) is 38.8 Å². The molecule has 25 nitrogen and oxygen atoms in total.